The summed E-state index contributed by atoms with van der Waals surface area (Å²) in [4.78, 5) is 2.12. The van der Waals surface area contributed by atoms with Crippen molar-refractivity contribution in [2.75, 3.05) is 6.61 Å². The average Bonchev–Trinajstić information content (AvgIpc) is 2.64. The number of halogens is 2. The summed E-state index contributed by atoms with van der Waals surface area (Å²) in [5, 5.41) is 0.742. The summed E-state index contributed by atoms with van der Waals surface area (Å²) in [6.07, 6.45) is 0. The Bertz CT molecular complexity index is 876. The molecule has 0 bridgehead atoms. The first kappa shape index (κ1) is 19.9. The van der Waals surface area contributed by atoms with E-state index in [-0.39, 0.29) is 11.2 Å². The van der Waals surface area contributed by atoms with E-state index in [1.165, 1.54) is 17.7 Å². The molecule has 140 valence electrons. The first-order valence-corrected chi connectivity index (χ1v) is 9.98. The lowest BCUT2D eigenvalue weighted by atomic mass is 9.86. The molecule has 0 atom stereocenters. The first-order valence-electron chi connectivity index (χ1n) is 8.78. The average molecular weight is 401 g/mol. The van der Waals surface area contributed by atoms with Crippen molar-refractivity contribution >= 4 is 23.4 Å². The Labute approximate surface area is 169 Å². The second-order valence-electron chi connectivity index (χ2n) is 7.09. The standard InChI is InChI=1S/C23H22ClFOS/c1-23(2,18-6-8-19(24)9-7-18)16-26-15-17-4-3-5-22(14-17)27-21-12-10-20(25)11-13-21/h3-14H,15-16H2,1-2H3. The van der Waals surface area contributed by atoms with Crippen LogP contribution in [0, 0.1) is 5.82 Å². The largest absolute Gasteiger partial charge is 0.376 e. The Kier molecular flexibility index (Phi) is 6.59. The van der Waals surface area contributed by atoms with Crippen LogP contribution < -0.4 is 0 Å². The molecule has 0 fully saturated rings. The molecule has 0 aliphatic rings. The Hall–Kier alpha value is -1.81. The van der Waals surface area contributed by atoms with Gasteiger partial charge in [0.25, 0.3) is 0 Å². The Morgan fingerprint density at radius 3 is 2.33 bits per heavy atom. The minimum atomic E-state index is -0.218. The molecule has 4 heteroatoms. The molecule has 3 rings (SSSR count). The SMILES string of the molecule is CC(C)(COCc1cccc(Sc2ccc(F)cc2)c1)c1ccc(Cl)cc1. The maximum atomic E-state index is 13.0. The second-order valence-corrected chi connectivity index (χ2v) is 8.67. The molecule has 0 aliphatic heterocycles. The van der Waals surface area contributed by atoms with Crippen LogP contribution in [-0.2, 0) is 16.8 Å². The lowest BCUT2D eigenvalue weighted by Gasteiger charge is -2.25. The molecule has 0 saturated heterocycles. The van der Waals surface area contributed by atoms with E-state index >= 15 is 0 Å². The molecule has 0 radical (unpaired) electrons. The fourth-order valence-electron chi connectivity index (χ4n) is 2.75. The fraction of sp³-hybridized carbons (Fsp3) is 0.217. The van der Waals surface area contributed by atoms with Gasteiger partial charge in [0.1, 0.15) is 5.82 Å². The Balaban J connectivity index is 1.58. The molecule has 0 unspecified atom stereocenters. The van der Waals surface area contributed by atoms with Crippen molar-refractivity contribution < 1.29 is 9.13 Å². The van der Waals surface area contributed by atoms with Gasteiger partial charge in [0, 0.05) is 20.2 Å². The van der Waals surface area contributed by atoms with Crippen LogP contribution in [0.25, 0.3) is 0 Å². The molecule has 0 saturated carbocycles. The number of rotatable bonds is 7. The maximum Gasteiger partial charge on any atom is 0.123 e. The highest BCUT2D eigenvalue weighted by molar-refractivity contribution is 7.99. The van der Waals surface area contributed by atoms with Crippen LogP contribution in [0.5, 0.6) is 0 Å². The van der Waals surface area contributed by atoms with Crippen molar-refractivity contribution in [2.24, 2.45) is 0 Å². The van der Waals surface area contributed by atoms with Crippen LogP contribution in [0.2, 0.25) is 5.02 Å². The van der Waals surface area contributed by atoms with Gasteiger partial charge in [0.15, 0.2) is 0 Å². The Morgan fingerprint density at radius 2 is 1.63 bits per heavy atom. The van der Waals surface area contributed by atoms with Gasteiger partial charge < -0.3 is 4.74 Å². The zero-order valence-corrected chi connectivity index (χ0v) is 17.0. The number of benzene rings is 3. The molecule has 0 N–H and O–H groups in total. The van der Waals surface area contributed by atoms with Crippen LogP contribution >= 0.6 is 23.4 Å². The fourth-order valence-corrected chi connectivity index (χ4v) is 3.77. The van der Waals surface area contributed by atoms with E-state index in [9.17, 15) is 4.39 Å². The van der Waals surface area contributed by atoms with E-state index < -0.39 is 0 Å². The van der Waals surface area contributed by atoms with Gasteiger partial charge in [-0.3, -0.25) is 0 Å². The van der Waals surface area contributed by atoms with Gasteiger partial charge in [-0.15, -0.1) is 0 Å². The van der Waals surface area contributed by atoms with Crippen molar-refractivity contribution in [2.45, 2.75) is 35.7 Å². The summed E-state index contributed by atoms with van der Waals surface area (Å²) in [5.74, 6) is -0.218. The smallest absolute Gasteiger partial charge is 0.123 e. The van der Waals surface area contributed by atoms with E-state index in [0.29, 0.717) is 13.2 Å². The minimum absolute atomic E-state index is 0.0922. The Morgan fingerprint density at radius 1 is 0.926 bits per heavy atom. The molecule has 27 heavy (non-hydrogen) atoms. The van der Waals surface area contributed by atoms with E-state index in [0.717, 1.165) is 20.4 Å². The second kappa shape index (κ2) is 8.92. The van der Waals surface area contributed by atoms with Crippen molar-refractivity contribution in [3.63, 3.8) is 0 Å². The number of ether oxygens (including phenoxy) is 1. The zero-order chi connectivity index (χ0) is 19.3. The molecule has 3 aromatic rings. The monoisotopic (exact) mass is 400 g/mol. The molecule has 0 heterocycles. The molecule has 0 aromatic heterocycles. The van der Waals surface area contributed by atoms with Crippen molar-refractivity contribution in [3.05, 3.63) is 94.8 Å². The molecule has 0 spiro atoms. The molecule has 3 aromatic carbocycles. The van der Waals surface area contributed by atoms with Crippen molar-refractivity contribution in [1.29, 1.82) is 0 Å². The van der Waals surface area contributed by atoms with Gasteiger partial charge in [0.2, 0.25) is 0 Å². The highest BCUT2D eigenvalue weighted by Crippen LogP contribution is 2.29. The van der Waals surface area contributed by atoms with Crippen LogP contribution in [0.4, 0.5) is 4.39 Å². The van der Waals surface area contributed by atoms with E-state index in [1.807, 2.05) is 30.3 Å². The molecule has 1 nitrogen and oxygen atoms in total. The van der Waals surface area contributed by atoms with Crippen molar-refractivity contribution in [1.82, 2.24) is 0 Å². The zero-order valence-electron chi connectivity index (χ0n) is 15.4. The molecular formula is C23H22ClFOS. The lowest BCUT2D eigenvalue weighted by Crippen LogP contribution is -2.24. The minimum Gasteiger partial charge on any atom is -0.376 e. The van der Waals surface area contributed by atoms with E-state index in [2.05, 4.69) is 32.0 Å². The van der Waals surface area contributed by atoms with Gasteiger partial charge in [-0.1, -0.05) is 61.5 Å². The van der Waals surface area contributed by atoms with Gasteiger partial charge in [-0.25, -0.2) is 4.39 Å². The van der Waals surface area contributed by atoms with Gasteiger partial charge in [-0.2, -0.15) is 0 Å². The summed E-state index contributed by atoms with van der Waals surface area (Å²) in [5.41, 5.74) is 2.23. The number of hydrogen-bond donors (Lipinski definition) is 0. The molecular weight excluding hydrogens is 379 g/mol. The third-order valence-electron chi connectivity index (χ3n) is 4.31. The number of hydrogen-bond acceptors (Lipinski definition) is 2. The highest BCUT2D eigenvalue weighted by atomic mass is 35.5. The molecule has 0 aliphatic carbocycles. The highest BCUT2D eigenvalue weighted by Gasteiger charge is 2.20. The quantitative estimate of drug-likeness (QED) is 0.417. The summed E-state index contributed by atoms with van der Waals surface area (Å²) >= 11 is 7.59. The predicted molar refractivity (Wildman–Crippen MR) is 111 cm³/mol. The summed E-state index contributed by atoms with van der Waals surface area (Å²) in [6.45, 7) is 5.49. The third-order valence-corrected chi connectivity index (χ3v) is 5.55. The molecule has 0 amide bonds. The van der Waals surface area contributed by atoms with E-state index in [1.54, 1.807) is 23.9 Å². The van der Waals surface area contributed by atoms with Crippen LogP contribution in [-0.4, -0.2) is 6.61 Å². The third kappa shape index (κ3) is 5.83. The summed E-state index contributed by atoms with van der Waals surface area (Å²) in [6, 6.07) is 22.7. The van der Waals surface area contributed by atoms with Gasteiger partial charge in [-0.05, 0) is 59.7 Å². The van der Waals surface area contributed by atoms with Crippen LogP contribution in [0.3, 0.4) is 0 Å². The van der Waals surface area contributed by atoms with Crippen molar-refractivity contribution in [3.8, 4) is 0 Å². The topological polar surface area (TPSA) is 9.23 Å². The van der Waals surface area contributed by atoms with E-state index in [4.69, 9.17) is 16.3 Å². The first-order chi connectivity index (χ1) is 12.9. The summed E-state index contributed by atoms with van der Waals surface area (Å²) < 4.78 is 19.0. The summed E-state index contributed by atoms with van der Waals surface area (Å²) in [7, 11) is 0. The normalized spacial score (nSPS) is 11.6. The predicted octanol–water partition coefficient (Wildman–Crippen LogP) is 7.12. The van der Waals surface area contributed by atoms with Gasteiger partial charge >= 0.3 is 0 Å². The van der Waals surface area contributed by atoms with Crippen LogP contribution in [0.15, 0.2) is 82.6 Å². The lowest BCUT2D eigenvalue weighted by molar-refractivity contribution is 0.0824. The maximum absolute atomic E-state index is 13.0. The van der Waals surface area contributed by atoms with Crippen LogP contribution in [0.1, 0.15) is 25.0 Å². The van der Waals surface area contributed by atoms with Gasteiger partial charge in [0.05, 0.1) is 13.2 Å².